The second-order valence-corrected chi connectivity index (χ2v) is 7.15. The van der Waals surface area contributed by atoms with Crippen LogP contribution in [0, 0.1) is 0 Å². The highest BCUT2D eigenvalue weighted by Gasteiger charge is 2.30. The Hall–Kier alpha value is -2.53. The number of benzene rings is 2. The number of hydrogen-bond donors (Lipinski definition) is 2. The van der Waals surface area contributed by atoms with Gasteiger partial charge in [0.2, 0.25) is 0 Å². The van der Waals surface area contributed by atoms with Crippen molar-refractivity contribution in [2.45, 2.75) is 44.8 Å². The van der Waals surface area contributed by atoms with Gasteiger partial charge in [0.15, 0.2) is 0 Å². The molecule has 0 radical (unpaired) electrons. The Bertz CT molecular complexity index is 689. The number of carbonyl (C=O) groups is 2. The molecule has 6 heteroatoms. The van der Waals surface area contributed by atoms with Gasteiger partial charge in [-0.1, -0.05) is 60.7 Å². The number of alkyl carbamates (subject to hydrolysis) is 1. The second kappa shape index (κ2) is 9.97. The van der Waals surface area contributed by atoms with Gasteiger partial charge in [-0.15, -0.1) is 12.4 Å². The summed E-state index contributed by atoms with van der Waals surface area (Å²) in [5, 5.41) is 12.1. The Labute approximate surface area is 166 Å². The van der Waals surface area contributed by atoms with Crippen molar-refractivity contribution >= 4 is 24.5 Å². The van der Waals surface area contributed by atoms with Crippen LogP contribution in [0.25, 0.3) is 0 Å². The first-order valence-electron chi connectivity index (χ1n) is 8.57. The Kier molecular flexibility index (Phi) is 8.32. The summed E-state index contributed by atoms with van der Waals surface area (Å²) in [6.45, 7) is 5.31. The number of carboxylic acid groups (broad SMARTS) is 1. The third kappa shape index (κ3) is 7.31. The van der Waals surface area contributed by atoms with Crippen molar-refractivity contribution in [1.29, 1.82) is 0 Å². The number of amides is 1. The molecule has 0 bridgehead atoms. The Balaban J connectivity index is 0.00000364. The molecule has 0 saturated carbocycles. The van der Waals surface area contributed by atoms with E-state index in [0.717, 1.165) is 11.1 Å². The van der Waals surface area contributed by atoms with Crippen molar-refractivity contribution in [2.24, 2.45) is 0 Å². The number of halogens is 1. The van der Waals surface area contributed by atoms with Crippen LogP contribution >= 0.6 is 12.4 Å². The minimum absolute atomic E-state index is 0. The molecule has 1 amide bonds. The Morgan fingerprint density at radius 1 is 0.963 bits per heavy atom. The van der Waals surface area contributed by atoms with Gasteiger partial charge >= 0.3 is 12.1 Å². The maximum Gasteiger partial charge on any atom is 0.407 e. The minimum Gasteiger partial charge on any atom is -0.481 e. The molecule has 0 aliphatic carbocycles. The summed E-state index contributed by atoms with van der Waals surface area (Å²) < 4.78 is 5.33. The van der Waals surface area contributed by atoms with Crippen molar-refractivity contribution < 1.29 is 19.4 Å². The normalized spacial score (nSPS) is 12.0. The van der Waals surface area contributed by atoms with Crippen LogP contribution in [0.2, 0.25) is 0 Å². The maximum atomic E-state index is 12.3. The number of ether oxygens (including phenoxy) is 1. The molecule has 2 N–H and O–H groups in total. The van der Waals surface area contributed by atoms with E-state index in [1.54, 1.807) is 20.8 Å². The van der Waals surface area contributed by atoms with Gasteiger partial charge in [-0.3, -0.25) is 4.79 Å². The second-order valence-electron chi connectivity index (χ2n) is 7.15. The molecule has 1 atom stereocenters. The van der Waals surface area contributed by atoms with Crippen LogP contribution in [-0.2, 0) is 9.53 Å². The molecule has 0 fully saturated rings. The van der Waals surface area contributed by atoms with Crippen molar-refractivity contribution in [1.82, 2.24) is 5.32 Å². The number of aliphatic carboxylic acids is 1. The lowest BCUT2D eigenvalue weighted by molar-refractivity contribution is -0.137. The Morgan fingerprint density at radius 2 is 1.41 bits per heavy atom. The van der Waals surface area contributed by atoms with Gasteiger partial charge in [-0.05, 0) is 31.9 Å². The average Bonchev–Trinajstić information content (AvgIpc) is 2.54. The number of hydrogen-bond acceptors (Lipinski definition) is 3. The molecule has 0 heterocycles. The van der Waals surface area contributed by atoms with Gasteiger partial charge in [-0.25, -0.2) is 4.79 Å². The number of carbonyl (C=O) groups excluding carboxylic acids is 1. The van der Waals surface area contributed by atoms with E-state index in [1.807, 2.05) is 60.7 Å². The number of nitrogens with one attached hydrogen (secondary N) is 1. The van der Waals surface area contributed by atoms with Crippen LogP contribution in [0.1, 0.15) is 44.2 Å². The Morgan fingerprint density at radius 3 is 1.78 bits per heavy atom. The molecule has 146 valence electrons. The molecule has 5 nitrogen and oxygen atoms in total. The first-order valence-corrected chi connectivity index (χ1v) is 8.57. The fourth-order valence-electron chi connectivity index (χ4n) is 2.88. The molecule has 0 saturated heterocycles. The fraction of sp³-hybridized carbons (Fsp3) is 0.333. The van der Waals surface area contributed by atoms with Crippen LogP contribution < -0.4 is 5.32 Å². The van der Waals surface area contributed by atoms with Gasteiger partial charge < -0.3 is 15.2 Å². The lowest BCUT2D eigenvalue weighted by atomic mass is 9.83. The maximum absolute atomic E-state index is 12.3. The van der Waals surface area contributed by atoms with E-state index in [2.05, 4.69) is 5.32 Å². The van der Waals surface area contributed by atoms with E-state index in [0.29, 0.717) is 0 Å². The van der Waals surface area contributed by atoms with Crippen molar-refractivity contribution in [3.63, 3.8) is 0 Å². The van der Waals surface area contributed by atoms with E-state index >= 15 is 0 Å². The first-order chi connectivity index (χ1) is 12.3. The van der Waals surface area contributed by atoms with Gasteiger partial charge in [0, 0.05) is 5.92 Å². The van der Waals surface area contributed by atoms with Crippen LogP contribution in [0.4, 0.5) is 4.79 Å². The zero-order chi connectivity index (χ0) is 19.2. The third-order valence-electron chi connectivity index (χ3n) is 3.82. The molecule has 0 spiro atoms. The highest BCUT2D eigenvalue weighted by Crippen LogP contribution is 2.30. The molecular weight excluding hydrogens is 366 g/mol. The topological polar surface area (TPSA) is 75.6 Å². The van der Waals surface area contributed by atoms with Crippen LogP contribution in [-0.4, -0.2) is 28.8 Å². The fourth-order valence-corrected chi connectivity index (χ4v) is 2.88. The highest BCUT2D eigenvalue weighted by molar-refractivity contribution is 5.85. The van der Waals surface area contributed by atoms with Gasteiger partial charge in [0.25, 0.3) is 0 Å². The lowest BCUT2D eigenvalue weighted by Gasteiger charge is -2.29. The van der Waals surface area contributed by atoms with Crippen LogP contribution in [0.3, 0.4) is 0 Å². The van der Waals surface area contributed by atoms with Gasteiger partial charge in [-0.2, -0.15) is 0 Å². The van der Waals surface area contributed by atoms with Crippen molar-refractivity contribution in [2.75, 3.05) is 0 Å². The third-order valence-corrected chi connectivity index (χ3v) is 3.82. The van der Waals surface area contributed by atoms with Gasteiger partial charge in [0.05, 0.1) is 12.5 Å². The molecule has 27 heavy (non-hydrogen) atoms. The molecule has 2 aromatic rings. The summed E-state index contributed by atoms with van der Waals surface area (Å²) in [5.41, 5.74) is 1.20. The summed E-state index contributed by atoms with van der Waals surface area (Å²) in [7, 11) is 0. The zero-order valence-electron chi connectivity index (χ0n) is 15.7. The standard InChI is InChI=1S/C21H25NO4.ClH/c1-21(2,3)26-20(25)22-17(14-18(23)24)19(15-10-6-4-7-11-15)16-12-8-5-9-13-16;/h4-13,17,19H,14H2,1-3H3,(H,22,25)(H,23,24);1H. The van der Waals surface area contributed by atoms with Crippen LogP contribution in [0.5, 0.6) is 0 Å². The predicted octanol–water partition coefficient (Wildman–Crippen LogP) is 4.61. The van der Waals surface area contributed by atoms with Gasteiger partial charge in [0.1, 0.15) is 5.60 Å². The summed E-state index contributed by atoms with van der Waals surface area (Å²) in [6, 6.07) is 18.5. The smallest absolute Gasteiger partial charge is 0.407 e. The van der Waals surface area contributed by atoms with Crippen molar-refractivity contribution in [3.8, 4) is 0 Å². The average molecular weight is 392 g/mol. The summed E-state index contributed by atoms with van der Waals surface area (Å²) in [4.78, 5) is 23.7. The van der Waals surface area contributed by atoms with E-state index < -0.39 is 23.7 Å². The predicted molar refractivity (Wildman–Crippen MR) is 107 cm³/mol. The summed E-state index contributed by atoms with van der Waals surface area (Å²) >= 11 is 0. The molecule has 0 aliphatic heterocycles. The molecule has 0 aliphatic rings. The zero-order valence-corrected chi connectivity index (χ0v) is 16.5. The summed E-state index contributed by atoms with van der Waals surface area (Å²) in [6.07, 6.45) is -0.839. The molecule has 0 aromatic heterocycles. The number of rotatable bonds is 6. The molecule has 2 rings (SSSR count). The highest BCUT2D eigenvalue weighted by atomic mass is 35.5. The molecule has 2 aromatic carbocycles. The SMILES string of the molecule is CC(C)(C)OC(=O)NC(CC(=O)O)C(c1ccccc1)c1ccccc1.Cl. The largest absolute Gasteiger partial charge is 0.481 e. The van der Waals surface area contributed by atoms with E-state index in [1.165, 1.54) is 0 Å². The van der Waals surface area contributed by atoms with E-state index in [-0.39, 0.29) is 24.7 Å². The van der Waals surface area contributed by atoms with Crippen molar-refractivity contribution in [3.05, 3.63) is 71.8 Å². The molecular formula is C21H26ClNO4. The van der Waals surface area contributed by atoms with Crippen LogP contribution in [0.15, 0.2) is 60.7 Å². The minimum atomic E-state index is -0.983. The van der Waals surface area contributed by atoms with E-state index in [9.17, 15) is 14.7 Å². The monoisotopic (exact) mass is 391 g/mol. The van der Waals surface area contributed by atoms with E-state index in [4.69, 9.17) is 4.74 Å². The quantitative estimate of drug-likeness (QED) is 0.754. The summed E-state index contributed by atoms with van der Waals surface area (Å²) in [5.74, 6) is -1.29. The lowest BCUT2D eigenvalue weighted by Crippen LogP contribution is -2.43. The number of carboxylic acids is 1. The first kappa shape index (κ1) is 22.5. The molecule has 1 unspecified atom stereocenters.